The minimum Gasteiger partial charge on any atom is -0.434 e. The standard InChI is InChI=1S/C9H8Cl2F2O/c1-5(10)7-4-6(11)2-3-8(7)14-9(12)13/h2-5,9H,1H3. The lowest BCUT2D eigenvalue weighted by Gasteiger charge is -2.12. The minimum atomic E-state index is -2.86. The summed E-state index contributed by atoms with van der Waals surface area (Å²) in [6.07, 6.45) is 0. The van der Waals surface area contributed by atoms with Gasteiger partial charge in [-0.15, -0.1) is 11.6 Å². The van der Waals surface area contributed by atoms with E-state index < -0.39 is 12.0 Å². The van der Waals surface area contributed by atoms with E-state index in [9.17, 15) is 8.78 Å². The number of halogens is 4. The summed E-state index contributed by atoms with van der Waals surface area (Å²) in [5, 5.41) is 0.0107. The summed E-state index contributed by atoms with van der Waals surface area (Å²) in [6, 6.07) is 4.36. The number of hydrogen-bond donors (Lipinski definition) is 0. The molecule has 1 atom stereocenters. The van der Waals surface area contributed by atoms with Crippen molar-refractivity contribution in [1.82, 2.24) is 0 Å². The molecule has 0 N–H and O–H groups in total. The first-order valence-electron chi connectivity index (χ1n) is 3.89. The van der Waals surface area contributed by atoms with Gasteiger partial charge in [0.2, 0.25) is 0 Å². The molecular formula is C9H8Cl2F2O. The van der Waals surface area contributed by atoms with E-state index in [0.29, 0.717) is 10.6 Å². The molecule has 0 aliphatic heterocycles. The van der Waals surface area contributed by atoms with Crippen molar-refractivity contribution in [2.45, 2.75) is 18.9 Å². The summed E-state index contributed by atoms with van der Waals surface area (Å²) in [7, 11) is 0. The quantitative estimate of drug-likeness (QED) is 0.719. The average Bonchev–Trinajstić information content (AvgIpc) is 2.07. The van der Waals surface area contributed by atoms with Crippen molar-refractivity contribution in [3.8, 4) is 5.75 Å². The van der Waals surface area contributed by atoms with E-state index in [4.69, 9.17) is 23.2 Å². The molecule has 0 amide bonds. The van der Waals surface area contributed by atoms with Gasteiger partial charge in [0.15, 0.2) is 0 Å². The first-order valence-corrected chi connectivity index (χ1v) is 4.70. The zero-order chi connectivity index (χ0) is 10.7. The van der Waals surface area contributed by atoms with E-state index >= 15 is 0 Å². The van der Waals surface area contributed by atoms with Gasteiger partial charge in [0.1, 0.15) is 5.75 Å². The van der Waals surface area contributed by atoms with Crippen molar-refractivity contribution in [1.29, 1.82) is 0 Å². The lowest BCUT2D eigenvalue weighted by molar-refractivity contribution is -0.0504. The summed E-state index contributed by atoms with van der Waals surface area (Å²) < 4.78 is 28.2. The predicted octanol–water partition coefficient (Wildman–Crippen LogP) is 4.24. The highest BCUT2D eigenvalue weighted by Crippen LogP contribution is 2.32. The first kappa shape index (κ1) is 11.5. The first-order chi connectivity index (χ1) is 6.50. The number of benzene rings is 1. The molecule has 0 aromatic heterocycles. The Kier molecular flexibility index (Phi) is 3.96. The van der Waals surface area contributed by atoms with Gasteiger partial charge in [-0.05, 0) is 25.1 Å². The SMILES string of the molecule is CC(Cl)c1cc(Cl)ccc1OC(F)F. The molecule has 0 saturated carbocycles. The molecular weight excluding hydrogens is 233 g/mol. The number of hydrogen-bond acceptors (Lipinski definition) is 1. The van der Waals surface area contributed by atoms with Crippen LogP contribution in [0.15, 0.2) is 18.2 Å². The van der Waals surface area contributed by atoms with Crippen molar-refractivity contribution < 1.29 is 13.5 Å². The molecule has 1 aromatic carbocycles. The van der Waals surface area contributed by atoms with Crippen molar-refractivity contribution in [2.75, 3.05) is 0 Å². The van der Waals surface area contributed by atoms with E-state index in [2.05, 4.69) is 4.74 Å². The van der Waals surface area contributed by atoms with Crippen LogP contribution in [-0.4, -0.2) is 6.61 Å². The average molecular weight is 241 g/mol. The summed E-state index contributed by atoms with van der Waals surface area (Å²) in [4.78, 5) is 0. The van der Waals surface area contributed by atoms with Crippen LogP contribution >= 0.6 is 23.2 Å². The number of rotatable bonds is 3. The highest BCUT2D eigenvalue weighted by molar-refractivity contribution is 6.30. The maximum Gasteiger partial charge on any atom is 0.387 e. The number of ether oxygens (including phenoxy) is 1. The smallest absolute Gasteiger partial charge is 0.387 e. The number of alkyl halides is 3. The Hall–Kier alpha value is -0.540. The van der Waals surface area contributed by atoms with Crippen LogP contribution in [0.2, 0.25) is 5.02 Å². The molecule has 78 valence electrons. The van der Waals surface area contributed by atoms with Crippen molar-refractivity contribution >= 4 is 23.2 Å². The van der Waals surface area contributed by atoms with Crippen LogP contribution in [-0.2, 0) is 0 Å². The molecule has 1 aromatic rings. The third kappa shape index (κ3) is 3.00. The zero-order valence-electron chi connectivity index (χ0n) is 7.31. The fraction of sp³-hybridized carbons (Fsp3) is 0.333. The molecule has 0 heterocycles. The van der Waals surface area contributed by atoms with Gasteiger partial charge in [-0.1, -0.05) is 11.6 Å². The van der Waals surface area contributed by atoms with Crippen LogP contribution in [0.3, 0.4) is 0 Å². The van der Waals surface area contributed by atoms with Gasteiger partial charge in [-0.3, -0.25) is 0 Å². The second-order valence-corrected chi connectivity index (χ2v) is 3.77. The van der Waals surface area contributed by atoms with E-state index in [0.717, 1.165) is 0 Å². The Labute approximate surface area is 90.6 Å². The molecule has 0 bridgehead atoms. The molecule has 0 radical (unpaired) electrons. The summed E-state index contributed by atoms with van der Waals surface area (Å²) in [6.45, 7) is -1.20. The van der Waals surface area contributed by atoms with Crippen LogP contribution in [0.25, 0.3) is 0 Å². The third-order valence-electron chi connectivity index (χ3n) is 1.62. The van der Waals surface area contributed by atoms with Crippen molar-refractivity contribution in [3.05, 3.63) is 28.8 Å². The van der Waals surface area contributed by atoms with Crippen LogP contribution in [0.5, 0.6) is 5.75 Å². The monoisotopic (exact) mass is 240 g/mol. The van der Waals surface area contributed by atoms with Crippen molar-refractivity contribution in [2.24, 2.45) is 0 Å². The highest BCUT2D eigenvalue weighted by atomic mass is 35.5. The minimum absolute atomic E-state index is 0.0619. The maximum absolute atomic E-state index is 12.0. The zero-order valence-corrected chi connectivity index (χ0v) is 8.82. The molecule has 5 heteroatoms. The maximum atomic E-state index is 12.0. The second kappa shape index (κ2) is 4.80. The highest BCUT2D eigenvalue weighted by Gasteiger charge is 2.13. The Morgan fingerprint density at radius 3 is 2.50 bits per heavy atom. The summed E-state index contributed by atoms with van der Waals surface area (Å²) in [5.41, 5.74) is 0.458. The molecule has 1 nitrogen and oxygen atoms in total. The second-order valence-electron chi connectivity index (χ2n) is 2.68. The Balaban J connectivity index is 3.02. The van der Waals surface area contributed by atoms with Gasteiger partial charge in [-0.2, -0.15) is 8.78 Å². The fourth-order valence-corrected chi connectivity index (χ4v) is 1.38. The van der Waals surface area contributed by atoms with Gasteiger partial charge in [0, 0.05) is 10.6 Å². The summed E-state index contributed by atoms with van der Waals surface area (Å²) in [5.74, 6) is 0.0619. The molecule has 0 aliphatic rings. The largest absolute Gasteiger partial charge is 0.434 e. The molecule has 0 spiro atoms. The lowest BCUT2D eigenvalue weighted by atomic mass is 10.1. The Morgan fingerprint density at radius 1 is 1.36 bits per heavy atom. The fourth-order valence-electron chi connectivity index (χ4n) is 1.03. The predicted molar refractivity (Wildman–Crippen MR) is 52.4 cm³/mol. The molecule has 0 saturated heterocycles. The molecule has 0 aliphatic carbocycles. The third-order valence-corrected chi connectivity index (χ3v) is 2.09. The van der Waals surface area contributed by atoms with E-state index in [-0.39, 0.29) is 5.75 Å². The van der Waals surface area contributed by atoms with Gasteiger partial charge >= 0.3 is 6.61 Å². The van der Waals surface area contributed by atoms with E-state index in [1.807, 2.05) is 0 Å². The lowest BCUT2D eigenvalue weighted by Crippen LogP contribution is -2.04. The topological polar surface area (TPSA) is 9.23 Å². The van der Waals surface area contributed by atoms with Gasteiger partial charge in [0.25, 0.3) is 0 Å². The Bertz CT molecular complexity index is 316. The molecule has 1 unspecified atom stereocenters. The van der Waals surface area contributed by atoms with Gasteiger partial charge in [0.05, 0.1) is 5.38 Å². The Morgan fingerprint density at radius 2 is 2.00 bits per heavy atom. The van der Waals surface area contributed by atoms with Gasteiger partial charge in [-0.25, -0.2) is 0 Å². The van der Waals surface area contributed by atoms with Gasteiger partial charge < -0.3 is 4.74 Å². The molecule has 0 fully saturated rings. The normalized spacial score (nSPS) is 13.0. The molecule has 14 heavy (non-hydrogen) atoms. The van der Waals surface area contributed by atoms with Crippen molar-refractivity contribution in [3.63, 3.8) is 0 Å². The summed E-state index contributed by atoms with van der Waals surface area (Å²) >= 11 is 11.5. The van der Waals surface area contributed by atoms with Crippen LogP contribution in [0, 0.1) is 0 Å². The van der Waals surface area contributed by atoms with Crippen LogP contribution < -0.4 is 4.74 Å². The molecule has 1 rings (SSSR count). The van der Waals surface area contributed by atoms with E-state index in [1.165, 1.54) is 18.2 Å². The van der Waals surface area contributed by atoms with Crippen LogP contribution in [0.4, 0.5) is 8.78 Å². The van der Waals surface area contributed by atoms with Crippen LogP contribution in [0.1, 0.15) is 17.9 Å². The van der Waals surface area contributed by atoms with E-state index in [1.54, 1.807) is 6.92 Å².